The van der Waals surface area contributed by atoms with Gasteiger partial charge < -0.3 is 5.32 Å². The molecule has 0 aliphatic heterocycles. The summed E-state index contributed by atoms with van der Waals surface area (Å²) >= 11 is 18.0. The van der Waals surface area contributed by atoms with Gasteiger partial charge in [-0.25, -0.2) is 9.07 Å². The van der Waals surface area contributed by atoms with E-state index >= 15 is 0 Å². The second-order valence-corrected chi connectivity index (χ2v) is 9.28. The molecule has 0 spiro atoms. The molecule has 4 nitrogen and oxygen atoms in total. The second-order valence-electron chi connectivity index (χ2n) is 8.06. The third kappa shape index (κ3) is 4.76. The van der Waals surface area contributed by atoms with Gasteiger partial charge in [-0.2, -0.15) is 31.4 Å². The first-order valence-electron chi connectivity index (χ1n) is 10.1. The van der Waals surface area contributed by atoms with E-state index in [1.54, 1.807) is 6.07 Å². The number of nitrogens with one attached hydrogen (secondary N) is 1. The normalized spacial score (nSPS) is 14.7. The fourth-order valence-electron chi connectivity index (χ4n) is 3.44. The summed E-state index contributed by atoms with van der Waals surface area (Å²) in [5, 5.41) is 5.60. The number of aromatic nitrogens is 2. The number of carbonyl (C=O) groups is 1. The minimum absolute atomic E-state index is 0.0879. The predicted molar refractivity (Wildman–Crippen MR) is 119 cm³/mol. The molecule has 4 rings (SSSR count). The number of amides is 1. The molecule has 0 unspecified atom stereocenters. The van der Waals surface area contributed by atoms with E-state index in [0.29, 0.717) is 11.1 Å². The summed E-state index contributed by atoms with van der Waals surface area (Å²) in [6, 6.07) is 5.05. The lowest BCUT2D eigenvalue weighted by atomic mass is 9.94. The third-order valence-corrected chi connectivity index (χ3v) is 6.37. The van der Waals surface area contributed by atoms with E-state index in [1.165, 1.54) is 24.5 Å². The molecule has 1 aliphatic rings. The Hall–Kier alpha value is -2.50. The van der Waals surface area contributed by atoms with E-state index in [9.17, 15) is 35.5 Å². The first-order chi connectivity index (χ1) is 16.6. The largest absolute Gasteiger partial charge is 0.435 e. The number of benzene rings is 2. The topological polar surface area (TPSA) is 46.9 Å². The summed E-state index contributed by atoms with van der Waals surface area (Å²) < 4.78 is 94.2. The summed E-state index contributed by atoms with van der Waals surface area (Å²) in [6.45, 7) is 0. The van der Waals surface area contributed by atoms with Gasteiger partial charge in [0.1, 0.15) is 5.69 Å². The van der Waals surface area contributed by atoms with E-state index in [4.69, 9.17) is 34.8 Å². The highest BCUT2D eigenvalue weighted by Gasteiger charge is 2.73. The van der Waals surface area contributed by atoms with Crippen LogP contribution >= 0.6 is 34.8 Å². The Kier molecular flexibility index (Phi) is 6.72. The molecule has 192 valence electrons. The number of alkyl halides is 7. The van der Waals surface area contributed by atoms with Crippen molar-refractivity contribution in [3.05, 3.63) is 68.9 Å². The lowest BCUT2D eigenvalue weighted by molar-refractivity contribution is -0.348. The minimum Gasteiger partial charge on any atom is -0.349 e. The van der Waals surface area contributed by atoms with Gasteiger partial charge in [0, 0.05) is 23.4 Å². The second kappa shape index (κ2) is 9.11. The van der Waals surface area contributed by atoms with Crippen molar-refractivity contribution in [1.29, 1.82) is 0 Å². The molecule has 1 aliphatic carbocycles. The van der Waals surface area contributed by atoms with Gasteiger partial charge in [-0.05, 0) is 42.7 Å². The standard InChI is InChI=1S/C22H13Cl3F7N3O/c23-15-4-1-10(5-14(15)19(36)34-13-2-3-13)11-8-33-35(9-11)18-16(24)6-12(7-17(18)25)20(26,21(27,28)29)22(30,31)32/h1,4-9,13H,2-3H2,(H,34,36). The van der Waals surface area contributed by atoms with Crippen molar-refractivity contribution < 1.29 is 35.5 Å². The molecule has 0 saturated heterocycles. The number of hydrogen-bond donors (Lipinski definition) is 1. The van der Waals surface area contributed by atoms with E-state index in [2.05, 4.69) is 10.4 Å². The molecular formula is C22H13Cl3F7N3O. The molecule has 2 aromatic carbocycles. The summed E-state index contributed by atoms with van der Waals surface area (Å²) in [6.07, 6.45) is -8.28. The van der Waals surface area contributed by atoms with E-state index in [-0.39, 0.29) is 40.4 Å². The third-order valence-electron chi connectivity index (χ3n) is 5.46. The van der Waals surface area contributed by atoms with Crippen LogP contribution in [0.1, 0.15) is 28.8 Å². The van der Waals surface area contributed by atoms with Crippen LogP contribution < -0.4 is 5.32 Å². The zero-order valence-electron chi connectivity index (χ0n) is 17.6. The Morgan fingerprint density at radius 2 is 1.47 bits per heavy atom. The molecule has 1 aromatic heterocycles. The van der Waals surface area contributed by atoms with Gasteiger partial charge in [-0.3, -0.25) is 4.79 Å². The lowest BCUT2D eigenvalue weighted by Gasteiger charge is -2.30. The lowest BCUT2D eigenvalue weighted by Crippen LogP contribution is -2.50. The maximum absolute atomic E-state index is 14.4. The number of carbonyl (C=O) groups excluding carboxylic acids is 1. The van der Waals surface area contributed by atoms with Gasteiger partial charge in [0.05, 0.1) is 26.8 Å². The van der Waals surface area contributed by atoms with Crippen molar-refractivity contribution in [2.24, 2.45) is 0 Å². The summed E-state index contributed by atoms with van der Waals surface area (Å²) in [5.41, 5.74) is -6.71. The average Bonchev–Trinajstić information content (AvgIpc) is 3.44. The average molecular weight is 575 g/mol. The van der Waals surface area contributed by atoms with Crippen LogP contribution in [0.5, 0.6) is 0 Å². The van der Waals surface area contributed by atoms with Crippen molar-refractivity contribution in [3.8, 4) is 16.8 Å². The summed E-state index contributed by atoms with van der Waals surface area (Å²) in [7, 11) is 0. The smallest absolute Gasteiger partial charge is 0.349 e. The Balaban J connectivity index is 1.71. The van der Waals surface area contributed by atoms with Gasteiger partial charge in [-0.15, -0.1) is 0 Å². The highest BCUT2D eigenvalue weighted by Crippen LogP contribution is 2.54. The number of nitrogens with zero attached hydrogens (tertiary/aromatic N) is 2. The zero-order chi connectivity index (χ0) is 26.6. The highest BCUT2D eigenvalue weighted by atomic mass is 35.5. The van der Waals surface area contributed by atoms with Crippen LogP contribution in [0.25, 0.3) is 16.8 Å². The SMILES string of the molecule is O=C(NC1CC1)c1cc(-c2cnn(-c3c(Cl)cc(C(F)(C(F)(F)F)C(F)(F)F)cc3Cl)c2)ccc1Cl. The summed E-state index contributed by atoms with van der Waals surface area (Å²) in [4.78, 5) is 12.4. The highest BCUT2D eigenvalue weighted by molar-refractivity contribution is 6.38. The number of hydrogen-bond acceptors (Lipinski definition) is 2. The molecule has 0 radical (unpaired) electrons. The molecule has 1 saturated carbocycles. The molecule has 14 heteroatoms. The molecule has 0 atom stereocenters. The van der Waals surface area contributed by atoms with E-state index in [1.807, 2.05) is 0 Å². The van der Waals surface area contributed by atoms with Gasteiger partial charge in [0.15, 0.2) is 0 Å². The Labute approximate surface area is 213 Å². The van der Waals surface area contributed by atoms with Crippen molar-refractivity contribution in [3.63, 3.8) is 0 Å². The number of halogens is 10. The molecule has 1 amide bonds. The van der Waals surface area contributed by atoms with Gasteiger partial charge in [0.25, 0.3) is 5.91 Å². The van der Waals surface area contributed by atoms with Crippen LogP contribution in [-0.2, 0) is 5.67 Å². The molecule has 1 heterocycles. The van der Waals surface area contributed by atoms with E-state index in [0.717, 1.165) is 17.5 Å². The van der Waals surface area contributed by atoms with E-state index < -0.39 is 33.6 Å². The van der Waals surface area contributed by atoms with Crippen molar-refractivity contribution >= 4 is 40.7 Å². The molecule has 1 fully saturated rings. The Bertz CT molecular complexity index is 1300. The first-order valence-corrected chi connectivity index (χ1v) is 11.2. The van der Waals surface area contributed by atoms with Crippen LogP contribution in [0.15, 0.2) is 42.7 Å². The van der Waals surface area contributed by atoms with Gasteiger partial charge >= 0.3 is 18.0 Å². The molecule has 0 bridgehead atoms. The Morgan fingerprint density at radius 3 is 2.00 bits per heavy atom. The molecule has 36 heavy (non-hydrogen) atoms. The first kappa shape index (κ1) is 26.6. The monoisotopic (exact) mass is 573 g/mol. The maximum atomic E-state index is 14.4. The van der Waals surface area contributed by atoms with Gasteiger partial charge in [-0.1, -0.05) is 40.9 Å². The number of rotatable bonds is 5. The van der Waals surface area contributed by atoms with Gasteiger partial charge in [0.2, 0.25) is 0 Å². The van der Waals surface area contributed by atoms with Crippen LogP contribution in [0.3, 0.4) is 0 Å². The molecular weight excluding hydrogens is 562 g/mol. The fraction of sp³-hybridized carbons (Fsp3) is 0.273. The van der Waals surface area contributed by atoms with Crippen molar-refractivity contribution in [2.75, 3.05) is 0 Å². The van der Waals surface area contributed by atoms with Crippen LogP contribution in [-0.4, -0.2) is 34.1 Å². The van der Waals surface area contributed by atoms with Crippen LogP contribution in [0, 0.1) is 0 Å². The predicted octanol–water partition coefficient (Wildman–Crippen LogP) is 7.68. The quantitative estimate of drug-likeness (QED) is 0.318. The van der Waals surface area contributed by atoms with Crippen LogP contribution in [0.2, 0.25) is 15.1 Å². The van der Waals surface area contributed by atoms with Crippen LogP contribution in [0.4, 0.5) is 30.7 Å². The maximum Gasteiger partial charge on any atom is 0.435 e. The van der Waals surface area contributed by atoms with Crippen molar-refractivity contribution in [1.82, 2.24) is 15.1 Å². The Morgan fingerprint density at radius 1 is 0.889 bits per heavy atom. The fourth-order valence-corrected chi connectivity index (χ4v) is 4.30. The molecule has 3 aromatic rings. The van der Waals surface area contributed by atoms with Crippen molar-refractivity contribution in [2.45, 2.75) is 36.9 Å². The minimum atomic E-state index is -6.32. The zero-order valence-corrected chi connectivity index (χ0v) is 19.9. The summed E-state index contributed by atoms with van der Waals surface area (Å²) in [5.74, 6) is -0.373. The molecule has 1 N–H and O–H groups in total.